The molecule has 35 heavy (non-hydrogen) atoms. The van der Waals surface area contributed by atoms with Crippen LogP contribution >= 0.6 is 11.6 Å². The van der Waals surface area contributed by atoms with E-state index < -0.39 is 17.7 Å². The minimum atomic E-state index is -0.980. The Morgan fingerprint density at radius 2 is 1.86 bits per heavy atom. The number of ether oxygens (including phenoxy) is 2. The number of nitrogens with zero attached hydrogens (tertiary/aromatic N) is 3. The number of H-pyrrole nitrogens is 1. The molecule has 1 atom stereocenters. The summed E-state index contributed by atoms with van der Waals surface area (Å²) in [6.45, 7) is 0. The van der Waals surface area contributed by atoms with E-state index in [0.29, 0.717) is 38.7 Å². The van der Waals surface area contributed by atoms with Crippen LogP contribution in [0.1, 0.15) is 17.2 Å². The van der Waals surface area contributed by atoms with Crippen molar-refractivity contribution in [1.82, 2.24) is 15.0 Å². The lowest BCUT2D eigenvalue weighted by Crippen LogP contribution is -2.30. The quantitative estimate of drug-likeness (QED) is 0.244. The van der Waals surface area contributed by atoms with Gasteiger partial charge in [0.05, 0.1) is 36.9 Å². The van der Waals surface area contributed by atoms with Crippen molar-refractivity contribution in [1.29, 1.82) is 0 Å². The van der Waals surface area contributed by atoms with Gasteiger partial charge in [-0.25, -0.2) is 4.98 Å². The molecule has 0 bridgehead atoms. The summed E-state index contributed by atoms with van der Waals surface area (Å²) >= 11 is 6.09. The molecule has 1 unspecified atom stereocenters. The second-order valence-corrected chi connectivity index (χ2v) is 8.19. The first-order valence-corrected chi connectivity index (χ1v) is 10.9. The van der Waals surface area contributed by atoms with Crippen LogP contribution in [-0.2, 0) is 9.59 Å². The maximum absolute atomic E-state index is 13.3. The van der Waals surface area contributed by atoms with Gasteiger partial charge >= 0.3 is 5.91 Å². The Morgan fingerprint density at radius 1 is 1.09 bits per heavy atom. The summed E-state index contributed by atoms with van der Waals surface area (Å²) in [5.41, 5.74) is 1.80. The van der Waals surface area contributed by atoms with E-state index in [9.17, 15) is 14.7 Å². The van der Waals surface area contributed by atoms with E-state index in [2.05, 4.69) is 15.0 Å². The van der Waals surface area contributed by atoms with Crippen molar-refractivity contribution in [2.24, 2.45) is 0 Å². The molecule has 1 aliphatic rings. The third-order valence-corrected chi connectivity index (χ3v) is 5.98. The topological polar surface area (TPSA) is 118 Å². The Bertz CT molecular complexity index is 1460. The highest BCUT2D eigenvalue weighted by Crippen LogP contribution is 2.42. The number of pyridine rings is 1. The number of fused-ring (bicyclic) bond motifs is 1. The highest BCUT2D eigenvalue weighted by Gasteiger charge is 2.48. The maximum atomic E-state index is 13.3. The molecule has 0 radical (unpaired) electrons. The first-order chi connectivity index (χ1) is 16.9. The smallest absolute Gasteiger partial charge is 0.302 e. The van der Waals surface area contributed by atoms with Crippen molar-refractivity contribution in [2.45, 2.75) is 6.04 Å². The monoisotopic (exact) mass is 490 g/mol. The summed E-state index contributed by atoms with van der Waals surface area (Å²) in [5, 5.41) is 11.5. The fourth-order valence-electron chi connectivity index (χ4n) is 4.13. The standard InChI is InChI=1S/C25H19ClN4O5/c1-34-18-10-16-17(11-19(18)35-2)29-25(28-16)30-21(14-6-4-8-27-12-14)20(23(32)24(30)33)22(31)13-5-3-7-15(26)9-13/h3-12,21,31H,1-2H3,(H,28,29)/b22-20+. The molecule has 176 valence electrons. The number of aliphatic hydroxyl groups is 1. The summed E-state index contributed by atoms with van der Waals surface area (Å²) < 4.78 is 10.7. The highest BCUT2D eigenvalue weighted by atomic mass is 35.5. The molecule has 2 aromatic carbocycles. The van der Waals surface area contributed by atoms with E-state index >= 15 is 0 Å². The number of ketones is 1. The van der Waals surface area contributed by atoms with Crippen molar-refractivity contribution < 1.29 is 24.2 Å². The number of benzene rings is 2. The molecule has 0 spiro atoms. The molecule has 0 aliphatic carbocycles. The van der Waals surface area contributed by atoms with Gasteiger partial charge in [-0.3, -0.25) is 19.5 Å². The summed E-state index contributed by atoms with van der Waals surface area (Å²) in [6, 6.07) is 12.2. The third-order valence-electron chi connectivity index (χ3n) is 5.75. The Labute approximate surface area is 204 Å². The molecule has 1 fully saturated rings. The Kier molecular flexibility index (Phi) is 5.62. The average molecular weight is 491 g/mol. The molecular formula is C25H19ClN4O5. The molecule has 1 aliphatic heterocycles. The summed E-state index contributed by atoms with van der Waals surface area (Å²) in [4.78, 5) is 39.5. The van der Waals surface area contributed by atoms with Crippen molar-refractivity contribution in [3.63, 3.8) is 0 Å². The van der Waals surface area contributed by atoms with Crippen LogP contribution in [0.2, 0.25) is 5.02 Å². The number of carbonyl (C=O) groups is 2. The van der Waals surface area contributed by atoms with Gasteiger partial charge in [-0.05, 0) is 23.8 Å². The second-order valence-electron chi connectivity index (χ2n) is 7.75. The van der Waals surface area contributed by atoms with Crippen LogP contribution in [0.25, 0.3) is 16.8 Å². The van der Waals surface area contributed by atoms with E-state index in [4.69, 9.17) is 21.1 Å². The van der Waals surface area contributed by atoms with E-state index in [1.54, 1.807) is 48.7 Å². The van der Waals surface area contributed by atoms with Gasteiger partial charge in [-0.1, -0.05) is 29.8 Å². The molecular weight excluding hydrogens is 472 g/mol. The lowest BCUT2D eigenvalue weighted by molar-refractivity contribution is -0.132. The molecule has 2 aromatic heterocycles. The summed E-state index contributed by atoms with van der Waals surface area (Å²) in [7, 11) is 3.02. The lowest BCUT2D eigenvalue weighted by atomic mass is 9.96. The largest absolute Gasteiger partial charge is 0.507 e. The number of hydrogen-bond acceptors (Lipinski definition) is 7. The zero-order valence-corrected chi connectivity index (χ0v) is 19.4. The van der Waals surface area contributed by atoms with E-state index in [-0.39, 0.29) is 17.3 Å². The number of hydrogen-bond donors (Lipinski definition) is 2. The zero-order chi connectivity index (χ0) is 24.7. The van der Waals surface area contributed by atoms with Crippen LogP contribution in [0.4, 0.5) is 5.95 Å². The van der Waals surface area contributed by atoms with Crippen LogP contribution < -0.4 is 14.4 Å². The van der Waals surface area contributed by atoms with Crippen molar-refractivity contribution in [3.8, 4) is 11.5 Å². The number of Topliss-reactive ketones (excluding diaryl/α,β-unsaturated/α-hetero) is 1. The molecule has 5 rings (SSSR count). The first-order valence-electron chi connectivity index (χ1n) is 10.5. The number of amides is 1. The molecule has 0 saturated carbocycles. The Hall–Kier alpha value is -4.37. The number of halogens is 1. The molecule has 1 saturated heterocycles. The van der Waals surface area contributed by atoms with E-state index in [0.717, 1.165) is 0 Å². The first kappa shape index (κ1) is 22.4. The lowest BCUT2D eigenvalue weighted by Gasteiger charge is -2.22. The summed E-state index contributed by atoms with van der Waals surface area (Å²) in [6.07, 6.45) is 3.11. The Morgan fingerprint density at radius 3 is 2.54 bits per heavy atom. The maximum Gasteiger partial charge on any atom is 0.302 e. The molecule has 1 amide bonds. The highest BCUT2D eigenvalue weighted by molar-refractivity contribution is 6.51. The van der Waals surface area contributed by atoms with Gasteiger partial charge < -0.3 is 19.6 Å². The normalized spacial score (nSPS) is 17.2. The van der Waals surface area contributed by atoms with Gasteiger partial charge in [0.15, 0.2) is 11.5 Å². The summed E-state index contributed by atoms with van der Waals surface area (Å²) in [5.74, 6) is -0.989. The van der Waals surface area contributed by atoms with Gasteiger partial charge in [0.2, 0.25) is 5.95 Å². The minimum absolute atomic E-state index is 0.0964. The van der Waals surface area contributed by atoms with Crippen LogP contribution in [0.3, 0.4) is 0 Å². The van der Waals surface area contributed by atoms with Gasteiger partial charge in [-0.15, -0.1) is 0 Å². The molecule has 2 N–H and O–H groups in total. The molecule has 3 heterocycles. The van der Waals surface area contributed by atoms with Gasteiger partial charge in [0, 0.05) is 35.1 Å². The fourth-order valence-corrected chi connectivity index (χ4v) is 4.32. The van der Waals surface area contributed by atoms with E-state index in [1.165, 1.54) is 31.4 Å². The van der Waals surface area contributed by atoms with E-state index in [1.807, 2.05) is 0 Å². The van der Waals surface area contributed by atoms with Gasteiger partial charge in [0.1, 0.15) is 5.76 Å². The predicted octanol–water partition coefficient (Wildman–Crippen LogP) is 4.25. The number of rotatable bonds is 5. The number of aromatic nitrogens is 3. The van der Waals surface area contributed by atoms with Crippen LogP contribution in [-0.4, -0.2) is 46.0 Å². The second kappa shape index (κ2) is 8.77. The number of nitrogens with one attached hydrogen (secondary N) is 1. The van der Waals surface area contributed by atoms with Crippen LogP contribution in [0.15, 0.2) is 66.5 Å². The third kappa shape index (κ3) is 3.75. The van der Waals surface area contributed by atoms with Gasteiger partial charge in [-0.2, -0.15) is 0 Å². The number of carbonyl (C=O) groups excluding carboxylic acids is 2. The predicted molar refractivity (Wildman–Crippen MR) is 130 cm³/mol. The van der Waals surface area contributed by atoms with Crippen LogP contribution in [0.5, 0.6) is 11.5 Å². The van der Waals surface area contributed by atoms with Gasteiger partial charge in [0.25, 0.3) is 5.78 Å². The fraction of sp³-hybridized carbons (Fsp3) is 0.120. The molecule has 4 aromatic rings. The number of aliphatic hydroxyl groups excluding tert-OH is 1. The van der Waals surface area contributed by atoms with Crippen molar-refractivity contribution >= 4 is 46.0 Å². The SMILES string of the molecule is COc1cc2nc(N3C(=O)C(=O)/C(=C(/O)c4cccc(Cl)c4)C3c3cccnc3)[nH]c2cc1OC. The minimum Gasteiger partial charge on any atom is -0.507 e. The zero-order valence-electron chi connectivity index (χ0n) is 18.7. The number of aromatic amines is 1. The van der Waals surface area contributed by atoms with Crippen LogP contribution in [0, 0.1) is 0 Å². The van der Waals surface area contributed by atoms with Crippen molar-refractivity contribution in [3.05, 3.63) is 82.6 Å². The number of anilines is 1. The molecule has 9 nitrogen and oxygen atoms in total. The number of methoxy groups -OCH3 is 2. The average Bonchev–Trinajstić information content (AvgIpc) is 3.40. The Balaban J connectivity index is 1.72. The molecule has 10 heteroatoms. The number of imidazole rings is 1. The van der Waals surface area contributed by atoms with Crippen molar-refractivity contribution in [2.75, 3.05) is 19.1 Å².